The molecule has 0 unspecified atom stereocenters. The molecule has 0 radical (unpaired) electrons. The van der Waals surface area contributed by atoms with E-state index >= 15 is 0 Å². The topological polar surface area (TPSA) is 41.9 Å². The molecule has 224 valence electrons. The van der Waals surface area contributed by atoms with Crippen molar-refractivity contribution in [2.24, 2.45) is 0 Å². The first-order chi connectivity index (χ1) is 23.1. The lowest BCUT2D eigenvalue weighted by molar-refractivity contribution is 0.660. The van der Waals surface area contributed by atoms with Crippen molar-refractivity contribution in [3.8, 4) is 33.9 Å². The average molecular weight is 623 g/mol. The van der Waals surface area contributed by atoms with Crippen LogP contribution in [0.25, 0.3) is 54.1 Å². The third-order valence-corrected chi connectivity index (χ3v) is 10.5. The minimum atomic E-state index is -0.0734. The number of fused-ring (bicyclic) bond motifs is 6. The first kappa shape index (κ1) is 27.6. The molecule has 0 aliphatic heterocycles. The smallest absolute Gasteiger partial charge is 0.238 e. The Morgan fingerprint density at radius 3 is 2.02 bits per heavy atom. The van der Waals surface area contributed by atoms with E-state index in [1.54, 1.807) is 0 Å². The van der Waals surface area contributed by atoms with E-state index in [0.717, 1.165) is 22.5 Å². The van der Waals surface area contributed by atoms with Gasteiger partial charge in [0.1, 0.15) is 0 Å². The normalized spacial score (nSPS) is 13.1. The number of nitrogens with zero attached hydrogens (tertiary/aromatic N) is 4. The summed E-state index contributed by atoms with van der Waals surface area (Å²) in [5, 5.41) is 2.41. The van der Waals surface area contributed by atoms with E-state index in [1.807, 2.05) is 35.6 Å². The van der Waals surface area contributed by atoms with Gasteiger partial charge in [-0.2, -0.15) is 9.97 Å². The Morgan fingerprint density at radius 2 is 1.19 bits per heavy atom. The molecule has 9 rings (SSSR count). The molecule has 1 aliphatic rings. The Morgan fingerprint density at radius 1 is 0.532 bits per heavy atom. The first-order valence-electron chi connectivity index (χ1n) is 15.9. The summed E-state index contributed by atoms with van der Waals surface area (Å²) in [5.41, 5.74) is 9.02. The lowest BCUT2D eigenvalue weighted by atomic mass is 9.82. The van der Waals surface area contributed by atoms with E-state index in [0.29, 0.717) is 17.6 Å². The molecule has 2 heterocycles. The molecule has 0 saturated carbocycles. The van der Waals surface area contributed by atoms with Gasteiger partial charge in [0.2, 0.25) is 5.95 Å². The Kier molecular flexibility index (Phi) is 6.30. The van der Waals surface area contributed by atoms with Crippen molar-refractivity contribution in [3.05, 3.63) is 157 Å². The third kappa shape index (κ3) is 4.46. The number of hydrogen-bond acceptors (Lipinski definition) is 5. The molecule has 5 heteroatoms. The Bertz CT molecular complexity index is 2450. The molecular formula is C42H30N4S. The maximum atomic E-state index is 5.28. The summed E-state index contributed by atoms with van der Waals surface area (Å²) in [6, 6.07) is 51.1. The van der Waals surface area contributed by atoms with Crippen LogP contribution < -0.4 is 4.90 Å². The van der Waals surface area contributed by atoms with Gasteiger partial charge in [-0.15, -0.1) is 11.3 Å². The Labute approximate surface area is 277 Å². The molecule has 0 fully saturated rings. The van der Waals surface area contributed by atoms with Gasteiger partial charge >= 0.3 is 0 Å². The fourth-order valence-electron chi connectivity index (χ4n) is 7.05. The Hall–Kier alpha value is -5.65. The second-order valence-corrected chi connectivity index (χ2v) is 13.6. The highest BCUT2D eigenvalue weighted by Crippen LogP contribution is 2.50. The SMILES string of the molecule is CC1(C)c2ccccc2-c2cc(-c3nc(-c4ccccc4)nc(N(c4ccccc4)c4cccc5sc6ccccc6c45)n3)ccc21. The molecule has 8 aromatic rings. The maximum absolute atomic E-state index is 5.28. The number of thiophene rings is 1. The molecule has 0 saturated heterocycles. The molecule has 0 bridgehead atoms. The van der Waals surface area contributed by atoms with Gasteiger partial charge in [0, 0.05) is 42.4 Å². The molecule has 1 aliphatic carbocycles. The van der Waals surface area contributed by atoms with Crippen LogP contribution in [-0.2, 0) is 5.41 Å². The highest BCUT2D eigenvalue weighted by Gasteiger charge is 2.35. The summed E-state index contributed by atoms with van der Waals surface area (Å²) in [6.45, 7) is 4.61. The van der Waals surface area contributed by atoms with E-state index in [-0.39, 0.29) is 5.41 Å². The minimum absolute atomic E-state index is 0.0734. The number of hydrogen-bond donors (Lipinski definition) is 0. The predicted octanol–water partition coefficient (Wildman–Crippen LogP) is 11.3. The molecule has 0 spiro atoms. The number of para-hydroxylation sites is 1. The average Bonchev–Trinajstić information content (AvgIpc) is 3.62. The van der Waals surface area contributed by atoms with Gasteiger partial charge in [0.05, 0.1) is 5.69 Å². The minimum Gasteiger partial charge on any atom is -0.278 e. The first-order valence-corrected chi connectivity index (χ1v) is 16.7. The molecule has 0 N–H and O–H groups in total. The molecular weight excluding hydrogens is 593 g/mol. The zero-order chi connectivity index (χ0) is 31.5. The van der Waals surface area contributed by atoms with Crippen LogP contribution in [0, 0.1) is 0 Å². The zero-order valence-corrected chi connectivity index (χ0v) is 26.9. The fourth-order valence-corrected chi connectivity index (χ4v) is 8.18. The van der Waals surface area contributed by atoms with Crippen LogP contribution in [0.1, 0.15) is 25.0 Å². The molecule has 47 heavy (non-hydrogen) atoms. The second kappa shape index (κ2) is 10.7. The zero-order valence-electron chi connectivity index (χ0n) is 26.1. The highest BCUT2D eigenvalue weighted by atomic mass is 32.1. The molecule has 2 aromatic heterocycles. The summed E-state index contributed by atoms with van der Waals surface area (Å²) < 4.78 is 2.48. The summed E-state index contributed by atoms with van der Waals surface area (Å²) in [6.07, 6.45) is 0. The van der Waals surface area contributed by atoms with Gasteiger partial charge in [-0.25, -0.2) is 4.98 Å². The van der Waals surface area contributed by atoms with Crippen LogP contribution >= 0.6 is 11.3 Å². The van der Waals surface area contributed by atoms with Crippen LogP contribution in [0.15, 0.2) is 146 Å². The van der Waals surface area contributed by atoms with Crippen LogP contribution in [-0.4, -0.2) is 15.0 Å². The van der Waals surface area contributed by atoms with Crippen molar-refractivity contribution in [1.29, 1.82) is 0 Å². The standard InChI is InChI=1S/C42H30N4S/c1-42(2)33-20-11-9-18-30(33)32-26-28(24-25-34(32)42)40-43-39(27-14-5-3-6-15-27)44-41(45-40)46(29-16-7-4-8-17-29)35-21-13-23-37-38(35)31-19-10-12-22-36(31)47-37/h3-26H,1-2H3. The lowest BCUT2D eigenvalue weighted by Gasteiger charge is -2.25. The molecule has 0 atom stereocenters. The molecule has 4 nitrogen and oxygen atoms in total. The third-order valence-electron chi connectivity index (χ3n) is 9.33. The van der Waals surface area contributed by atoms with E-state index < -0.39 is 0 Å². The number of rotatable bonds is 5. The number of anilines is 3. The lowest BCUT2D eigenvalue weighted by Crippen LogP contribution is -2.16. The van der Waals surface area contributed by atoms with Gasteiger partial charge in [0.15, 0.2) is 11.6 Å². The van der Waals surface area contributed by atoms with Crippen molar-refractivity contribution in [3.63, 3.8) is 0 Å². The van der Waals surface area contributed by atoms with Crippen LogP contribution in [0.4, 0.5) is 17.3 Å². The Balaban J connectivity index is 1.31. The van der Waals surface area contributed by atoms with Gasteiger partial charge < -0.3 is 0 Å². The largest absolute Gasteiger partial charge is 0.278 e. The van der Waals surface area contributed by atoms with Crippen molar-refractivity contribution in [2.45, 2.75) is 19.3 Å². The van der Waals surface area contributed by atoms with E-state index in [1.165, 1.54) is 42.4 Å². The predicted molar refractivity (Wildman–Crippen MR) is 196 cm³/mol. The van der Waals surface area contributed by atoms with Crippen LogP contribution in [0.3, 0.4) is 0 Å². The van der Waals surface area contributed by atoms with Gasteiger partial charge in [-0.05, 0) is 58.7 Å². The molecule has 0 amide bonds. The van der Waals surface area contributed by atoms with Gasteiger partial charge in [-0.1, -0.05) is 123 Å². The van der Waals surface area contributed by atoms with Crippen LogP contribution in [0.5, 0.6) is 0 Å². The number of benzene rings is 6. The number of aromatic nitrogens is 3. The van der Waals surface area contributed by atoms with E-state index in [2.05, 4.69) is 140 Å². The summed E-state index contributed by atoms with van der Waals surface area (Å²) in [7, 11) is 0. The summed E-state index contributed by atoms with van der Waals surface area (Å²) in [4.78, 5) is 17.8. The van der Waals surface area contributed by atoms with E-state index in [9.17, 15) is 0 Å². The van der Waals surface area contributed by atoms with Crippen molar-refractivity contribution < 1.29 is 0 Å². The molecule has 6 aromatic carbocycles. The second-order valence-electron chi connectivity index (χ2n) is 12.5. The summed E-state index contributed by atoms with van der Waals surface area (Å²) in [5.74, 6) is 1.85. The van der Waals surface area contributed by atoms with Gasteiger partial charge in [0.25, 0.3) is 0 Å². The monoisotopic (exact) mass is 622 g/mol. The van der Waals surface area contributed by atoms with Crippen molar-refractivity contribution >= 4 is 48.8 Å². The van der Waals surface area contributed by atoms with Crippen molar-refractivity contribution in [1.82, 2.24) is 15.0 Å². The fraction of sp³-hybridized carbons (Fsp3) is 0.0714. The van der Waals surface area contributed by atoms with E-state index in [4.69, 9.17) is 15.0 Å². The van der Waals surface area contributed by atoms with Gasteiger partial charge in [-0.3, -0.25) is 4.90 Å². The highest BCUT2D eigenvalue weighted by molar-refractivity contribution is 7.26. The van der Waals surface area contributed by atoms with Crippen LogP contribution in [0.2, 0.25) is 0 Å². The summed E-state index contributed by atoms with van der Waals surface area (Å²) >= 11 is 1.81. The quantitative estimate of drug-likeness (QED) is 0.191. The maximum Gasteiger partial charge on any atom is 0.238 e. The van der Waals surface area contributed by atoms with Crippen molar-refractivity contribution in [2.75, 3.05) is 4.90 Å².